The lowest BCUT2D eigenvalue weighted by molar-refractivity contribution is 0.229. The van der Waals surface area contributed by atoms with E-state index in [4.69, 9.17) is 4.98 Å². The van der Waals surface area contributed by atoms with Crippen molar-refractivity contribution < 1.29 is 0 Å². The molecule has 0 spiro atoms. The maximum absolute atomic E-state index is 4.78. The molecule has 2 heterocycles. The van der Waals surface area contributed by atoms with Crippen LogP contribution in [0.2, 0.25) is 0 Å². The van der Waals surface area contributed by atoms with Crippen LogP contribution in [0.1, 0.15) is 24.6 Å². The van der Waals surface area contributed by atoms with Crippen LogP contribution >= 0.6 is 15.9 Å². The van der Waals surface area contributed by atoms with E-state index in [1.165, 1.54) is 12.8 Å². The van der Waals surface area contributed by atoms with E-state index in [-0.39, 0.29) is 0 Å². The highest BCUT2D eigenvalue weighted by molar-refractivity contribution is 9.10. The van der Waals surface area contributed by atoms with Gasteiger partial charge in [0.15, 0.2) is 0 Å². The minimum atomic E-state index is 0.600. The summed E-state index contributed by atoms with van der Waals surface area (Å²) in [5.41, 5.74) is 0. The van der Waals surface area contributed by atoms with Crippen LogP contribution in [0.4, 0.5) is 5.82 Å². The van der Waals surface area contributed by atoms with E-state index in [0.717, 1.165) is 55.5 Å². The van der Waals surface area contributed by atoms with Gasteiger partial charge in [-0.15, -0.1) is 0 Å². The Morgan fingerprint density at radius 1 is 1.19 bits per heavy atom. The Hall–Kier alpha value is -0.720. The lowest BCUT2D eigenvalue weighted by Crippen LogP contribution is -2.48. The summed E-state index contributed by atoms with van der Waals surface area (Å²) in [4.78, 5) is 16.5. The lowest BCUT2D eigenvalue weighted by Gasteiger charge is -2.36. The second-order valence-electron chi connectivity index (χ2n) is 6.31. The molecule has 1 aliphatic carbocycles. The molecule has 1 aromatic heterocycles. The first kappa shape index (κ1) is 15.2. The molecule has 2 fully saturated rings. The second-order valence-corrected chi connectivity index (χ2v) is 7.13. The van der Waals surface area contributed by atoms with Gasteiger partial charge < -0.3 is 9.80 Å². The molecule has 0 unspecified atom stereocenters. The van der Waals surface area contributed by atoms with E-state index in [0.29, 0.717) is 5.92 Å². The SMILES string of the molecule is CN(C)CCN1CCN(c2cc(Br)nc(C3CC3)n2)CC1. The van der Waals surface area contributed by atoms with Crippen molar-refractivity contribution in [3.8, 4) is 0 Å². The molecule has 0 aromatic carbocycles. The van der Waals surface area contributed by atoms with Crippen molar-refractivity contribution >= 4 is 21.7 Å². The molecule has 0 N–H and O–H groups in total. The fourth-order valence-corrected chi connectivity index (χ4v) is 3.04. The molecule has 0 amide bonds. The molecular weight excluding hydrogens is 330 g/mol. The predicted octanol–water partition coefficient (Wildman–Crippen LogP) is 1.80. The highest BCUT2D eigenvalue weighted by Gasteiger charge is 2.28. The minimum Gasteiger partial charge on any atom is -0.354 e. The number of hydrogen-bond acceptors (Lipinski definition) is 5. The van der Waals surface area contributed by atoms with Crippen LogP contribution in [0.25, 0.3) is 0 Å². The van der Waals surface area contributed by atoms with Crippen molar-refractivity contribution in [2.45, 2.75) is 18.8 Å². The molecule has 6 heteroatoms. The zero-order valence-electron chi connectivity index (χ0n) is 12.9. The average molecular weight is 354 g/mol. The molecule has 1 aliphatic heterocycles. The Bertz CT molecular complexity index is 481. The second kappa shape index (κ2) is 6.58. The van der Waals surface area contributed by atoms with E-state index >= 15 is 0 Å². The van der Waals surface area contributed by atoms with E-state index in [1.54, 1.807) is 0 Å². The maximum Gasteiger partial charge on any atom is 0.135 e. The first-order valence-electron chi connectivity index (χ1n) is 7.78. The van der Waals surface area contributed by atoms with Gasteiger partial charge in [-0.1, -0.05) is 0 Å². The molecule has 1 saturated carbocycles. The zero-order chi connectivity index (χ0) is 14.8. The summed E-state index contributed by atoms with van der Waals surface area (Å²) in [6.45, 7) is 6.64. The van der Waals surface area contributed by atoms with E-state index < -0.39 is 0 Å². The summed E-state index contributed by atoms with van der Waals surface area (Å²) in [5, 5.41) is 0. The third kappa shape index (κ3) is 4.14. The van der Waals surface area contributed by atoms with Gasteiger partial charge in [0, 0.05) is 51.3 Å². The van der Waals surface area contributed by atoms with Gasteiger partial charge >= 0.3 is 0 Å². The topological polar surface area (TPSA) is 35.5 Å². The predicted molar refractivity (Wildman–Crippen MR) is 88.9 cm³/mol. The summed E-state index contributed by atoms with van der Waals surface area (Å²) in [5.74, 6) is 2.71. The quantitative estimate of drug-likeness (QED) is 0.754. The Kier molecular flexibility index (Phi) is 4.76. The third-order valence-corrected chi connectivity index (χ3v) is 4.61. The minimum absolute atomic E-state index is 0.600. The van der Waals surface area contributed by atoms with Gasteiger partial charge in [0.05, 0.1) is 0 Å². The number of anilines is 1. The summed E-state index contributed by atoms with van der Waals surface area (Å²) in [6.07, 6.45) is 2.49. The average Bonchev–Trinajstić information content (AvgIpc) is 3.29. The first-order valence-corrected chi connectivity index (χ1v) is 8.57. The Labute approximate surface area is 135 Å². The number of aromatic nitrogens is 2. The monoisotopic (exact) mass is 353 g/mol. The summed E-state index contributed by atoms with van der Waals surface area (Å²) in [6, 6.07) is 2.06. The van der Waals surface area contributed by atoms with Crippen molar-refractivity contribution in [3.05, 3.63) is 16.5 Å². The highest BCUT2D eigenvalue weighted by atomic mass is 79.9. The highest BCUT2D eigenvalue weighted by Crippen LogP contribution is 2.39. The Balaban J connectivity index is 1.59. The normalized spacial score (nSPS) is 20.3. The van der Waals surface area contributed by atoms with Gasteiger partial charge in [-0.3, -0.25) is 4.90 Å². The van der Waals surface area contributed by atoms with E-state index in [2.05, 4.69) is 55.8 Å². The fraction of sp³-hybridized carbons (Fsp3) is 0.733. The standard InChI is InChI=1S/C15H24BrN5/c1-19(2)5-6-20-7-9-21(10-8-20)14-11-13(16)17-15(18-14)12-3-4-12/h11-12H,3-10H2,1-2H3. The van der Waals surface area contributed by atoms with Crippen LogP contribution in [0.3, 0.4) is 0 Å². The molecule has 1 aromatic rings. The molecule has 116 valence electrons. The molecule has 0 bridgehead atoms. The number of piperazine rings is 1. The zero-order valence-corrected chi connectivity index (χ0v) is 14.5. The summed E-state index contributed by atoms with van der Waals surface area (Å²) in [7, 11) is 4.27. The largest absolute Gasteiger partial charge is 0.354 e. The number of rotatable bonds is 5. The fourth-order valence-electron chi connectivity index (χ4n) is 2.65. The van der Waals surface area contributed by atoms with Crippen molar-refractivity contribution in [2.24, 2.45) is 0 Å². The van der Waals surface area contributed by atoms with E-state index in [1.807, 2.05) is 0 Å². The molecule has 21 heavy (non-hydrogen) atoms. The van der Waals surface area contributed by atoms with Crippen molar-refractivity contribution in [1.29, 1.82) is 0 Å². The van der Waals surface area contributed by atoms with Crippen LogP contribution in [0.15, 0.2) is 10.7 Å². The molecule has 3 rings (SSSR count). The molecule has 0 atom stereocenters. The molecule has 1 saturated heterocycles. The molecule has 0 radical (unpaired) electrons. The van der Waals surface area contributed by atoms with Gasteiger partial charge in [0.25, 0.3) is 0 Å². The summed E-state index contributed by atoms with van der Waals surface area (Å²) < 4.78 is 0.921. The number of hydrogen-bond donors (Lipinski definition) is 0. The van der Waals surface area contributed by atoms with Crippen molar-refractivity contribution in [3.63, 3.8) is 0 Å². The van der Waals surface area contributed by atoms with Gasteiger partial charge in [0.1, 0.15) is 16.2 Å². The maximum atomic E-state index is 4.78. The molecular formula is C15H24BrN5. The van der Waals surface area contributed by atoms with Gasteiger partial charge in [-0.25, -0.2) is 9.97 Å². The van der Waals surface area contributed by atoms with Crippen LogP contribution in [-0.4, -0.2) is 73.1 Å². The van der Waals surface area contributed by atoms with E-state index in [9.17, 15) is 0 Å². The van der Waals surface area contributed by atoms with Gasteiger partial charge in [-0.2, -0.15) is 0 Å². The first-order chi connectivity index (χ1) is 10.1. The van der Waals surface area contributed by atoms with Crippen LogP contribution in [0, 0.1) is 0 Å². The molecule has 5 nitrogen and oxygen atoms in total. The van der Waals surface area contributed by atoms with Gasteiger partial charge in [0.2, 0.25) is 0 Å². The smallest absolute Gasteiger partial charge is 0.135 e. The number of likely N-dealkylation sites (N-methyl/N-ethyl adjacent to an activating group) is 1. The number of halogens is 1. The van der Waals surface area contributed by atoms with Crippen LogP contribution in [-0.2, 0) is 0 Å². The van der Waals surface area contributed by atoms with Crippen molar-refractivity contribution in [1.82, 2.24) is 19.8 Å². The van der Waals surface area contributed by atoms with Crippen molar-refractivity contribution in [2.75, 3.05) is 58.3 Å². The van der Waals surface area contributed by atoms with Crippen LogP contribution < -0.4 is 4.90 Å². The Morgan fingerprint density at radius 3 is 2.52 bits per heavy atom. The Morgan fingerprint density at radius 2 is 1.90 bits per heavy atom. The third-order valence-electron chi connectivity index (χ3n) is 4.20. The lowest BCUT2D eigenvalue weighted by atomic mass is 10.3. The van der Waals surface area contributed by atoms with Gasteiger partial charge in [-0.05, 0) is 42.9 Å². The number of nitrogens with zero attached hydrogens (tertiary/aromatic N) is 5. The summed E-state index contributed by atoms with van der Waals surface area (Å²) >= 11 is 3.53. The van der Waals surface area contributed by atoms with Crippen LogP contribution in [0.5, 0.6) is 0 Å². The molecule has 2 aliphatic rings.